The van der Waals surface area contributed by atoms with E-state index in [0.717, 1.165) is 23.4 Å². The minimum atomic E-state index is 0.302. The van der Waals surface area contributed by atoms with Crippen LogP contribution in [0.2, 0.25) is 5.02 Å². The molecule has 0 aliphatic carbocycles. The summed E-state index contributed by atoms with van der Waals surface area (Å²) >= 11 is 6.19. The molecular formula is C16H18ClNO. The van der Waals surface area contributed by atoms with Gasteiger partial charge in [0.2, 0.25) is 0 Å². The summed E-state index contributed by atoms with van der Waals surface area (Å²) in [6, 6.07) is 15.6. The Hall–Kier alpha value is -1.51. The zero-order valence-electron chi connectivity index (χ0n) is 10.9. The Balaban J connectivity index is 2.05. The van der Waals surface area contributed by atoms with Gasteiger partial charge >= 0.3 is 0 Å². The molecule has 2 rings (SSSR count). The SMILES string of the molecule is CNC(Cc1ccc(O)cc1)Cc1ccccc1Cl. The van der Waals surface area contributed by atoms with E-state index in [9.17, 15) is 5.11 Å². The molecule has 0 amide bonds. The van der Waals surface area contributed by atoms with Gasteiger partial charge in [-0.05, 0) is 49.2 Å². The molecule has 2 aromatic carbocycles. The summed E-state index contributed by atoms with van der Waals surface area (Å²) in [5, 5.41) is 13.4. The van der Waals surface area contributed by atoms with Gasteiger partial charge in [0.05, 0.1) is 0 Å². The topological polar surface area (TPSA) is 32.3 Å². The standard InChI is InChI=1S/C16H18ClNO/c1-18-14(10-12-6-8-15(19)9-7-12)11-13-4-2-3-5-16(13)17/h2-9,14,18-19H,10-11H2,1H3. The van der Waals surface area contributed by atoms with E-state index in [-0.39, 0.29) is 0 Å². The van der Waals surface area contributed by atoms with E-state index in [1.807, 2.05) is 37.4 Å². The van der Waals surface area contributed by atoms with Crippen molar-refractivity contribution in [3.05, 3.63) is 64.7 Å². The summed E-state index contributed by atoms with van der Waals surface area (Å²) in [6.07, 6.45) is 1.79. The summed E-state index contributed by atoms with van der Waals surface area (Å²) in [6.45, 7) is 0. The normalized spacial score (nSPS) is 12.3. The van der Waals surface area contributed by atoms with Crippen molar-refractivity contribution in [2.24, 2.45) is 0 Å². The molecule has 0 fully saturated rings. The van der Waals surface area contributed by atoms with Gasteiger partial charge in [-0.15, -0.1) is 0 Å². The number of benzene rings is 2. The fourth-order valence-electron chi connectivity index (χ4n) is 2.12. The highest BCUT2D eigenvalue weighted by Gasteiger charge is 2.10. The summed E-state index contributed by atoms with van der Waals surface area (Å²) in [7, 11) is 1.96. The third-order valence-electron chi connectivity index (χ3n) is 3.25. The van der Waals surface area contributed by atoms with E-state index in [0.29, 0.717) is 11.8 Å². The Morgan fingerprint density at radius 3 is 2.37 bits per heavy atom. The quantitative estimate of drug-likeness (QED) is 0.876. The van der Waals surface area contributed by atoms with Crippen molar-refractivity contribution < 1.29 is 5.11 Å². The fourth-order valence-corrected chi connectivity index (χ4v) is 2.34. The summed E-state index contributed by atoms with van der Waals surface area (Å²) in [5.74, 6) is 0.302. The number of phenols is 1. The second-order valence-electron chi connectivity index (χ2n) is 4.65. The number of hydrogen-bond donors (Lipinski definition) is 2. The molecule has 19 heavy (non-hydrogen) atoms. The highest BCUT2D eigenvalue weighted by Crippen LogP contribution is 2.18. The van der Waals surface area contributed by atoms with Gasteiger partial charge in [-0.3, -0.25) is 0 Å². The molecule has 0 aliphatic heterocycles. The minimum absolute atomic E-state index is 0.302. The van der Waals surface area contributed by atoms with Gasteiger partial charge in [0.25, 0.3) is 0 Å². The number of rotatable bonds is 5. The van der Waals surface area contributed by atoms with E-state index in [1.165, 1.54) is 5.56 Å². The maximum atomic E-state index is 9.29. The molecule has 2 aromatic rings. The molecule has 0 aromatic heterocycles. The lowest BCUT2D eigenvalue weighted by molar-refractivity contribution is 0.474. The van der Waals surface area contributed by atoms with Gasteiger partial charge in [-0.2, -0.15) is 0 Å². The lowest BCUT2D eigenvalue weighted by Gasteiger charge is -2.17. The highest BCUT2D eigenvalue weighted by atomic mass is 35.5. The van der Waals surface area contributed by atoms with Crippen LogP contribution in [0.1, 0.15) is 11.1 Å². The average Bonchev–Trinajstić information content (AvgIpc) is 2.43. The predicted molar refractivity (Wildman–Crippen MR) is 79.8 cm³/mol. The first-order valence-corrected chi connectivity index (χ1v) is 6.75. The largest absolute Gasteiger partial charge is 0.508 e. The summed E-state index contributed by atoms with van der Waals surface area (Å²) in [5.41, 5.74) is 2.35. The Morgan fingerprint density at radius 2 is 1.74 bits per heavy atom. The fraction of sp³-hybridized carbons (Fsp3) is 0.250. The van der Waals surface area contributed by atoms with E-state index >= 15 is 0 Å². The van der Waals surface area contributed by atoms with Gasteiger partial charge in [0.1, 0.15) is 5.75 Å². The number of nitrogens with one attached hydrogen (secondary N) is 1. The zero-order valence-corrected chi connectivity index (χ0v) is 11.7. The molecule has 0 aliphatic rings. The van der Waals surface area contributed by atoms with Crippen LogP contribution in [0.25, 0.3) is 0 Å². The van der Waals surface area contributed by atoms with Crippen LogP contribution in [0.4, 0.5) is 0 Å². The van der Waals surface area contributed by atoms with Crippen LogP contribution in [0.15, 0.2) is 48.5 Å². The molecule has 2 N–H and O–H groups in total. The van der Waals surface area contributed by atoms with Crippen LogP contribution in [-0.4, -0.2) is 18.2 Å². The molecule has 3 heteroatoms. The third-order valence-corrected chi connectivity index (χ3v) is 3.62. The van der Waals surface area contributed by atoms with Crippen molar-refractivity contribution in [2.45, 2.75) is 18.9 Å². The molecule has 2 nitrogen and oxygen atoms in total. The number of phenolic OH excluding ortho intramolecular Hbond substituents is 1. The average molecular weight is 276 g/mol. The number of aromatic hydroxyl groups is 1. The smallest absolute Gasteiger partial charge is 0.115 e. The lowest BCUT2D eigenvalue weighted by atomic mass is 9.99. The van der Waals surface area contributed by atoms with Crippen LogP contribution < -0.4 is 5.32 Å². The molecule has 0 heterocycles. The molecular weight excluding hydrogens is 258 g/mol. The van der Waals surface area contributed by atoms with Gasteiger partial charge in [0, 0.05) is 11.1 Å². The Bertz CT molecular complexity index is 525. The van der Waals surface area contributed by atoms with Crippen molar-refractivity contribution in [2.75, 3.05) is 7.05 Å². The van der Waals surface area contributed by atoms with Crippen LogP contribution in [0.3, 0.4) is 0 Å². The monoisotopic (exact) mass is 275 g/mol. The molecule has 0 saturated heterocycles. The van der Waals surface area contributed by atoms with Gasteiger partial charge in [-0.1, -0.05) is 41.9 Å². The van der Waals surface area contributed by atoms with Crippen LogP contribution >= 0.6 is 11.6 Å². The van der Waals surface area contributed by atoms with Crippen LogP contribution in [-0.2, 0) is 12.8 Å². The Morgan fingerprint density at radius 1 is 1.05 bits per heavy atom. The first-order chi connectivity index (χ1) is 9.19. The molecule has 0 spiro atoms. The predicted octanol–water partition coefficient (Wildman–Crippen LogP) is 3.42. The second kappa shape index (κ2) is 6.60. The maximum absolute atomic E-state index is 9.29. The number of halogens is 1. The lowest BCUT2D eigenvalue weighted by Crippen LogP contribution is -2.30. The Kier molecular flexibility index (Phi) is 4.83. The van der Waals surface area contributed by atoms with Crippen LogP contribution in [0, 0.1) is 0 Å². The van der Waals surface area contributed by atoms with Crippen molar-refractivity contribution in [1.82, 2.24) is 5.32 Å². The van der Waals surface area contributed by atoms with E-state index in [1.54, 1.807) is 12.1 Å². The number of hydrogen-bond acceptors (Lipinski definition) is 2. The summed E-state index contributed by atoms with van der Waals surface area (Å²) in [4.78, 5) is 0. The molecule has 100 valence electrons. The first-order valence-electron chi connectivity index (χ1n) is 6.37. The van der Waals surface area contributed by atoms with Gasteiger partial charge in [0.15, 0.2) is 0 Å². The van der Waals surface area contributed by atoms with E-state index in [4.69, 9.17) is 11.6 Å². The molecule has 1 unspecified atom stereocenters. The zero-order chi connectivity index (χ0) is 13.7. The van der Waals surface area contributed by atoms with Crippen molar-refractivity contribution in [1.29, 1.82) is 0 Å². The van der Waals surface area contributed by atoms with Crippen molar-refractivity contribution in [3.63, 3.8) is 0 Å². The van der Waals surface area contributed by atoms with E-state index in [2.05, 4.69) is 11.4 Å². The number of likely N-dealkylation sites (N-methyl/N-ethyl adjacent to an activating group) is 1. The van der Waals surface area contributed by atoms with E-state index < -0.39 is 0 Å². The highest BCUT2D eigenvalue weighted by molar-refractivity contribution is 6.31. The molecule has 0 radical (unpaired) electrons. The second-order valence-corrected chi connectivity index (χ2v) is 5.06. The third kappa shape index (κ3) is 3.98. The van der Waals surface area contributed by atoms with Gasteiger partial charge < -0.3 is 10.4 Å². The summed E-state index contributed by atoms with van der Waals surface area (Å²) < 4.78 is 0. The molecule has 0 saturated carbocycles. The minimum Gasteiger partial charge on any atom is -0.508 e. The van der Waals surface area contributed by atoms with Crippen molar-refractivity contribution >= 4 is 11.6 Å². The first kappa shape index (κ1) is 13.9. The van der Waals surface area contributed by atoms with Crippen molar-refractivity contribution in [3.8, 4) is 5.75 Å². The molecule has 1 atom stereocenters. The maximum Gasteiger partial charge on any atom is 0.115 e. The van der Waals surface area contributed by atoms with Gasteiger partial charge in [-0.25, -0.2) is 0 Å². The molecule has 0 bridgehead atoms. The Labute approximate surface area is 119 Å². The van der Waals surface area contributed by atoms with Crippen LogP contribution in [0.5, 0.6) is 5.75 Å².